The van der Waals surface area contributed by atoms with Crippen molar-refractivity contribution in [3.63, 3.8) is 0 Å². The maximum Gasteiger partial charge on any atom is 0.319 e. The van der Waals surface area contributed by atoms with Gasteiger partial charge in [0.25, 0.3) is 0 Å². The van der Waals surface area contributed by atoms with E-state index >= 15 is 0 Å². The molecule has 0 aliphatic rings. The van der Waals surface area contributed by atoms with Gasteiger partial charge in [0.05, 0.1) is 6.07 Å². The van der Waals surface area contributed by atoms with Crippen LogP contribution in [0.2, 0.25) is 0 Å². The third-order valence-electron chi connectivity index (χ3n) is 2.49. The van der Waals surface area contributed by atoms with Crippen LogP contribution in [0.15, 0.2) is 30.3 Å². The van der Waals surface area contributed by atoms with Gasteiger partial charge >= 0.3 is 5.97 Å². The first kappa shape index (κ1) is 15.9. The zero-order valence-corrected chi connectivity index (χ0v) is 11.4. The molecule has 0 fully saturated rings. The summed E-state index contributed by atoms with van der Waals surface area (Å²) in [7, 11) is -1.84. The van der Waals surface area contributed by atoms with Crippen molar-refractivity contribution in [2.45, 2.75) is 11.7 Å². The van der Waals surface area contributed by atoms with Crippen LogP contribution >= 0.6 is 0 Å². The summed E-state index contributed by atoms with van der Waals surface area (Å²) in [4.78, 5) is 22.5. The molecule has 0 aromatic heterocycles. The number of amides is 1. The molecular formula is C13H14N2O4S. The molecular weight excluding hydrogens is 280 g/mol. The van der Waals surface area contributed by atoms with E-state index in [1.807, 2.05) is 0 Å². The van der Waals surface area contributed by atoms with Gasteiger partial charge in [-0.25, -0.2) is 0 Å². The highest BCUT2D eigenvalue weighted by Crippen LogP contribution is 2.09. The molecule has 0 spiro atoms. The monoisotopic (exact) mass is 294 g/mol. The number of nitriles is 1. The summed E-state index contributed by atoms with van der Waals surface area (Å²) >= 11 is 0. The van der Waals surface area contributed by atoms with Crippen LogP contribution in [-0.4, -0.2) is 38.7 Å². The molecule has 2 atom stereocenters. The minimum Gasteiger partial charge on any atom is -0.480 e. The Balaban J connectivity index is 2.67. The maximum atomic E-state index is 11.9. The third kappa shape index (κ3) is 5.20. The normalized spacial score (nSPS) is 12.9. The quantitative estimate of drug-likeness (QED) is 0.692. The van der Waals surface area contributed by atoms with Crippen LogP contribution in [0.5, 0.6) is 0 Å². The highest BCUT2D eigenvalue weighted by atomic mass is 32.2. The van der Waals surface area contributed by atoms with Gasteiger partial charge in [0, 0.05) is 10.8 Å². The lowest BCUT2D eigenvalue weighted by Crippen LogP contribution is -2.36. The molecule has 0 saturated carbocycles. The summed E-state index contributed by atoms with van der Waals surface area (Å²) in [5.41, 5.74) is 0.741. The van der Waals surface area contributed by atoms with Crippen LogP contribution < -0.4 is 5.32 Å². The van der Waals surface area contributed by atoms with E-state index in [9.17, 15) is 13.8 Å². The number of nitrogens with one attached hydrogen (secondary N) is 1. The average Bonchev–Trinajstić information content (AvgIpc) is 2.43. The molecule has 0 aliphatic carbocycles. The van der Waals surface area contributed by atoms with Crippen LogP contribution in [0.1, 0.15) is 5.56 Å². The highest BCUT2D eigenvalue weighted by Gasteiger charge is 2.26. The molecule has 0 aliphatic heterocycles. The van der Waals surface area contributed by atoms with Crippen LogP contribution in [0, 0.1) is 11.3 Å². The minimum atomic E-state index is -1.84. The van der Waals surface area contributed by atoms with Gasteiger partial charge in [-0.2, -0.15) is 5.26 Å². The van der Waals surface area contributed by atoms with Gasteiger partial charge in [-0.05, 0) is 12.0 Å². The Kier molecular flexibility index (Phi) is 6.40. The highest BCUT2D eigenvalue weighted by molar-refractivity contribution is 7.87. The van der Waals surface area contributed by atoms with E-state index in [0.717, 1.165) is 5.56 Å². The number of rotatable bonds is 7. The molecule has 7 heteroatoms. The molecule has 1 amide bonds. The third-order valence-corrected chi connectivity index (χ3v) is 4.04. The first-order valence-corrected chi connectivity index (χ1v) is 7.20. The molecule has 1 aromatic rings. The van der Waals surface area contributed by atoms with E-state index in [1.54, 1.807) is 36.4 Å². The molecule has 1 aromatic carbocycles. The van der Waals surface area contributed by atoms with Crippen LogP contribution in [-0.2, 0) is 26.8 Å². The molecule has 1 rings (SSSR count). The summed E-state index contributed by atoms with van der Waals surface area (Å²) in [5, 5.41) is 18.5. The maximum absolute atomic E-state index is 11.9. The standard InChI is InChI=1S/C13H14N2O4S/c14-6-7-15-12(16)9-20(19)11(13(17)18)8-10-4-2-1-3-5-10/h1-5,11H,7-9H2,(H,15,16)(H,17,18). The molecule has 0 bridgehead atoms. The Bertz CT molecular complexity index is 539. The van der Waals surface area contributed by atoms with Crippen molar-refractivity contribution >= 4 is 22.7 Å². The largest absolute Gasteiger partial charge is 0.480 e. The molecule has 0 radical (unpaired) electrons. The Labute approximate surface area is 118 Å². The van der Waals surface area contributed by atoms with Gasteiger partial charge in [0.1, 0.15) is 17.5 Å². The Morgan fingerprint density at radius 1 is 1.35 bits per heavy atom. The fourth-order valence-corrected chi connectivity index (χ4v) is 2.70. The van der Waals surface area contributed by atoms with E-state index in [-0.39, 0.29) is 13.0 Å². The van der Waals surface area contributed by atoms with Crippen molar-refractivity contribution in [1.29, 1.82) is 5.26 Å². The number of carbonyl (C=O) groups excluding carboxylic acids is 1. The van der Waals surface area contributed by atoms with Crippen LogP contribution in [0.3, 0.4) is 0 Å². The summed E-state index contributed by atoms with van der Waals surface area (Å²) in [5.74, 6) is -2.23. The van der Waals surface area contributed by atoms with E-state index in [4.69, 9.17) is 10.4 Å². The van der Waals surface area contributed by atoms with Gasteiger partial charge in [-0.1, -0.05) is 30.3 Å². The summed E-state index contributed by atoms with van der Waals surface area (Å²) in [6.07, 6.45) is 0.0916. The molecule has 106 valence electrons. The fourth-order valence-electron chi connectivity index (χ4n) is 1.54. The number of benzene rings is 1. The minimum absolute atomic E-state index is 0.0916. The van der Waals surface area contributed by atoms with E-state index in [1.165, 1.54) is 0 Å². The number of carbonyl (C=O) groups is 2. The summed E-state index contributed by atoms with van der Waals surface area (Å²) in [6.45, 7) is -0.188. The predicted molar refractivity (Wildman–Crippen MR) is 73.2 cm³/mol. The molecule has 0 heterocycles. The van der Waals surface area contributed by atoms with Crippen molar-refractivity contribution < 1.29 is 18.9 Å². The van der Waals surface area contributed by atoms with Crippen molar-refractivity contribution in [3.05, 3.63) is 35.9 Å². The second-order valence-corrected chi connectivity index (χ2v) is 5.60. The number of aliphatic carboxylic acids is 1. The van der Waals surface area contributed by atoms with E-state index < -0.39 is 33.7 Å². The molecule has 0 saturated heterocycles. The molecule has 2 N–H and O–H groups in total. The Hall–Kier alpha value is -2.20. The van der Waals surface area contributed by atoms with Crippen LogP contribution in [0.4, 0.5) is 0 Å². The first-order valence-electron chi connectivity index (χ1n) is 5.82. The lowest BCUT2D eigenvalue weighted by Gasteiger charge is -2.12. The lowest BCUT2D eigenvalue weighted by atomic mass is 10.1. The molecule has 6 nitrogen and oxygen atoms in total. The topological polar surface area (TPSA) is 107 Å². The zero-order valence-electron chi connectivity index (χ0n) is 10.6. The number of carboxylic acid groups (broad SMARTS) is 1. The second kappa shape index (κ2) is 8.07. The number of nitrogens with zero attached hydrogens (tertiary/aromatic N) is 1. The Morgan fingerprint density at radius 2 is 2.00 bits per heavy atom. The summed E-state index contributed by atoms with van der Waals surface area (Å²) in [6, 6.07) is 10.5. The van der Waals surface area contributed by atoms with E-state index in [0.29, 0.717) is 0 Å². The summed E-state index contributed by atoms with van der Waals surface area (Å²) < 4.78 is 11.9. The van der Waals surface area contributed by atoms with Crippen molar-refractivity contribution in [2.24, 2.45) is 0 Å². The zero-order chi connectivity index (χ0) is 15.0. The Morgan fingerprint density at radius 3 is 2.55 bits per heavy atom. The van der Waals surface area contributed by atoms with Gasteiger partial charge in [0.15, 0.2) is 0 Å². The van der Waals surface area contributed by atoms with Gasteiger partial charge in [-0.3, -0.25) is 13.8 Å². The second-order valence-electron chi connectivity index (χ2n) is 3.98. The first-order chi connectivity index (χ1) is 9.54. The van der Waals surface area contributed by atoms with Crippen molar-refractivity contribution in [3.8, 4) is 6.07 Å². The fraction of sp³-hybridized carbons (Fsp3) is 0.308. The van der Waals surface area contributed by atoms with Gasteiger partial charge < -0.3 is 10.4 Å². The van der Waals surface area contributed by atoms with Crippen LogP contribution in [0.25, 0.3) is 0 Å². The SMILES string of the molecule is N#CCNC(=O)CS(=O)C(Cc1ccccc1)C(=O)O. The number of hydrogen-bond acceptors (Lipinski definition) is 4. The van der Waals surface area contributed by atoms with Gasteiger partial charge in [-0.15, -0.1) is 0 Å². The lowest BCUT2D eigenvalue weighted by molar-refractivity contribution is -0.136. The predicted octanol–water partition coefficient (Wildman–Crippen LogP) is 0.0708. The van der Waals surface area contributed by atoms with Crippen molar-refractivity contribution in [1.82, 2.24) is 5.32 Å². The average molecular weight is 294 g/mol. The molecule has 2 unspecified atom stereocenters. The smallest absolute Gasteiger partial charge is 0.319 e. The van der Waals surface area contributed by atoms with Gasteiger partial charge in [0.2, 0.25) is 5.91 Å². The molecule has 20 heavy (non-hydrogen) atoms. The van der Waals surface area contributed by atoms with E-state index in [2.05, 4.69) is 5.32 Å². The van der Waals surface area contributed by atoms with Crippen molar-refractivity contribution in [2.75, 3.05) is 12.3 Å². The number of carboxylic acids is 1. The number of hydrogen-bond donors (Lipinski definition) is 2.